The van der Waals surface area contributed by atoms with Gasteiger partial charge in [0.05, 0.1) is 13.2 Å². The molecule has 1 aliphatic rings. The normalized spacial score (nSPS) is 15.9. The van der Waals surface area contributed by atoms with Crippen LogP contribution in [-0.4, -0.2) is 11.7 Å². The van der Waals surface area contributed by atoms with Crippen LogP contribution in [0.3, 0.4) is 0 Å². The Hall–Kier alpha value is -3.20. The van der Waals surface area contributed by atoms with Gasteiger partial charge in [0.15, 0.2) is 0 Å². The molecule has 1 atom stereocenters. The number of hydrogen-bond acceptors (Lipinski definition) is 2. The van der Waals surface area contributed by atoms with E-state index in [0.29, 0.717) is 0 Å². The van der Waals surface area contributed by atoms with Crippen molar-refractivity contribution in [3.63, 3.8) is 0 Å². The summed E-state index contributed by atoms with van der Waals surface area (Å²) in [5.74, 6) is 0.886. The van der Waals surface area contributed by atoms with Crippen LogP contribution in [0.1, 0.15) is 22.9 Å². The van der Waals surface area contributed by atoms with Crippen LogP contribution in [0.2, 0.25) is 0 Å². The van der Waals surface area contributed by atoms with Crippen LogP contribution in [0.25, 0.3) is 10.8 Å². The van der Waals surface area contributed by atoms with Crippen molar-refractivity contribution < 1.29 is 4.74 Å². The molecule has 5 rings (SSSR count). The second-order valence-electron chi connectivity index (χ2n) is 7.17. The maximum atomic E-state index is 5.34. The largest absolute Gasteiger partial charge is 0.497 e. The molecule has 0 saturated carbocycles. The highest BCUT2D eigenvalue weighted by Gasteiger charge is 2.33. The number of aromatic nitrogens is 1. The molecule has 27 heavy (non-hydrogen) atoms. The van der Waals surface area contributed by atoms with Gasteiger partial charge in [-0.25, -0.2) is 0 Å². The molecule has 1 aliphatic heterocycles. The van der Waals surface area contributed by atoms with Crippen molar-refractivity contribution in [1.29, 1.82) is 0 Å². The molecule has 0 aliphatic carbocycles. The monoisotopic (exact) mass is 354 g/mol. The lowest BCUT2D eigenvalue weighted by atomic mass is 9.97. The lowest BCUT2D eigenvalue weighted by molar-refractivity contribution is 0.415. The molecular weight excluding hydrogens is 332 g/mol. The molecule has 4 aromatic rings. The molecule has 1 aromatic heterocycles. The maximum absolute atomic E-state index is 5.34. The van der Waals surface area contributed by atoms with Gasteiger partial charge >= 0.3 is 0 Å². The molecule has 0 radical (unpaired) electrons. The van der Waals surface area contributed by atoms with Crippen molar-refractivity contribution in [2.24, 2.45) is 7.05 Å². The fourth-order valence-corrected chi connectivity index (χ4v) is 4.23. The third-order valence-electron chi connectivity index (χ3n) is 5.62. The van der Waals surface area contributed by atoms with Crippen LogP contribution in [-0.2, 0) is 13.6 Å². The van der Waals surface area contributed by atoms with Crippen LogP contribution in [0, 0.1) is 0 Å². The van der Waals surface area contributed by atoms with Gasteiger partial charge in [0.2, 0.25) is 0 Å². The molecular formula is C24H22N2O. The molecule has 134 valence electrons. The zero-order valence-electron chi connectivity index (χ0n) is 15.6. The number of anilines is 1. The summed E-state index contributed by atoms with van der Waals surface area (Å²) >= 11 is 0. The van der Waals surface area contributed by atoms with Gasteiger partial charge in [0.1, 0.15) is 5.75 Å². The van der Waals surface area contributed by atoms with E-state index in [1.807, 2.05) is 12.1 Å². The summed E-state index contributed by atoms with van der Waals surface area (Å²) in [7, 11) is 3.83. The van der Waals surface area contributed by atoms with Gasteiger partial charge in [-0.2, -0.15) is 0 Å². The highest BCUT2D eigenvalue weighted by molar-refractivity contribution is 5.85. The summed E-state index contributed by atoms with van der Waals surface area (Å²) in [4.78, 5) is 2.48. The van der Waals surface area contributed by atoms with Gasteiger partial charge in [-0.15, -0.1) is 0 Å². The molecule has 2 heterocycles. The summed E-state index contributed by atoms with van der Waals surface area (Å²) in [6, 6.07) is 26.3. The second-order valence-corrected chi connectivity index (χ2v) is 7.17. The number of rotatable bonds is 3. The SMILES string of the molecule is COc1ccc(N2Cc3cc4ccccc4cc3C2c2cccn2C)cc1. The van der Waals surface area contributed by atoms with Gasteiger partial charge in [-0.3, -0.25) is 0 Å². The van der Waals surface area contributed by atoms with E-state index in [4.69, 9.17) is 4.74 Å². The smallest absolute Gasteiger partial charge is 0.119 e. The Balaban J connectivity index is 1.68. The number of ether oxygens (including phenoxy) is 1. The van der Waals surface area contributed by atoms with Gasteiger partial charge in [-0.1, -0.05) is 24.3 Å². The summed E-state index contributed by atoms with van der Waals surface area (Å²) in [6.07, 6.45) is 2.13. The van der Waals surface area contributed by atoms with Crippen LogP contribution in [0.5, 0.6) is 5.75 Å². The molecule has 0 bridgehead atoms. The van der Waals surface area contributed by atoms with Crippen LogP contribution < -0.4 is 9.64 Å². The number of benzene rings is 3. The van der Waals surface area contributed by atoms with E-state index >= 15 is 0 Å². The van der Waals surface area contributed by atoms with Crippen molar-refractivity contribution in [2.45, 2.75) is 12.6 Å². The average Bonchev–Trinajstić information content (AvgIpc) is 3.28. The summed E-state index contributed by atoms with van der Waals surface area (Å²) in [5.41, 5.74) is 5.31. The molecule has 3 nitrogen and oxygen atoms in total. The summed E-state index contributed by atoms with van der Waals surface area (Å²) in [6.45, 7) is 0.905. The average molecular weight is 354 g/mol. The Bertz CT molecular complexity index is 1110. The van der Waals surface area contributed by atoms with E-state index in [0.717, 1.165) is 12.3 Å². The predicted octanol–water partition coefficient (Wildman–Crippen LogP) is 5.30. The lowest BCUT2D eigenvalue weighted by Gasteiger charge is -2.28. The molecule has 3 heteroatoms. The third kappa shape index (κ3) is 2.58. The van der Waals surface area contributed by atoms with Crippen molar-refractivity contribution in [1.82, 2.24) is 4.57 Å². The van der Waals surface area contributed by atoms with Crippen LogP contribution in [0.4, 0.5) is 5.69 Å². The van der Waals surface area contributed by atoms with Crippen LogP contribution >= 0.6 is 0 Å². The molecule has 3 aromatic carbocycles. The molecule has 0 N–H and O–H groups in total. The van der Waals surface area contributed by atoms with Crippen molar-refractivity contribution >= 4 is 16.5 Å². The molecule has 0 saturated heterocycles. The first kappa shape index (κ1) is 16.0. The van der Waals surface area contributed by atoms with Crippen molar-refractivity contribution in [2.75, 3.05) is 12.0 Å². The summed E-state index contributed by atoms with van der Waals surface area (Å²) < 4.78 is 7.57. The van der Waals surface area contributed by atoms with Gasteiger partial charge in [-0.05, 0) is 70.4 Å². The van der Waals surface area contributed by atoms with E-state index in [2.05, 4.69) is 83.4 Å². The Morgan fingerprint density at radius 2 is 1.63 bits per heavy atom. The molecule has 0 spiro atoms. The number of nitrogens with zero attached hydrogens (tertiary/aromatic N) is 2. The fourth-order valence-electron chi connectivity index (χ4n) is 4.23. The van der Waals surface area contributed by atoms with E-state index in [-0.39, 0.29) is 6.04 Å². The quantitative estimate of drug-likeness (QED) is 0.497. The zero-order valence-corrected chi connectivity index (χ0v) is 15.6. The number of hydrogen-bond donors (Lipinski definition) is 0. The first-order chi connectivity index (χ1) is 13.2. The van der Waals surface area contributed by atoms with Gasteiger partial charge in [0, 0.05) is 31.2 Å². The standard InChI is InChI=1S/C24H22N2O/c1-25-13-5-8-23(25)24-22-15-18-7-4-3-6-17(18)14-19(22)16-26(24)20-9-11-21(27-2)12-10-20/h3-15,24H,16H2,1-2H3. The molecule has 1 unspecified atom stereocenters. The third-order valence-corrected chi connectivity index (χ3v) is 5.62. The van der Waals surface area contributed by atoms with E-state index < -0.39 is 0 Å². The van der Waals surface area contributed by atoms with E-state index in [9.17, 15) is 0 Å². The highest BCUT2D eigenvalue weighted by atomic mass is 16.5. The van der Waals surface area contributed by atoms with E-state index in [1.165, 1.54) is 33.3 Å². The minimum atomic E-state index is 0.206. The number of fused-ring (bicyclic) bond motifs is 2. The number of methoxy groups -OCH3 is 1. The molecule has 0 fully saturated rings. The zero-order chi connectivity index (χ0) is 18.4. The Morgan fingerprint density at radius 1 is 0.889 bits per heavy atom. The molecule has 0 amide bonds. The minimum absolute atomic E-state index is 0.206. The second kappa shape index (κ2) is 6.20. The fraction of sp³-hybridized carbons (Fsp3) is 0.167. The summed E-state index contributed by atoms with van der Waals surface area (Å²) in [5, 5.41) is 2.60. The minimum Gasteiger partial charge on any atom is -0.497 e. The van der Waals surface area contributed by atoms with Crippen molar-refractivity contribution in [3.8, 4) is 5.75 Å². The topological polar surface area (TPSA) is 17.4 Å². The first-order valence-electron chi connectivity index (χ1n) is 9.28. The van der Waals surface area contributed by atoms with Gasteiger partial charge in [0.25, 0.3) is 0 Å². The van der Waals surface area contributed by atoms with Crippen LogP contribution in [0.15, 0.2) is 79.0 Å². The predicted molar refractivity (Wildman–Crippen MR) is 110 cm³/mol. The number of aryl methyl sites for hydroxylation is 1. The van der Waals surface area contributed by atoms with E-state index in [1.54, 1.807) is 7.11 Å². The highest BCUT2D eigenvalue weighted by Crippen LogP contribution is 2.43. The maximum Gasteiger partial charge on any atom is 0.119 e. The van der Waals surface area contributed by atoms with Gasteiger partial charge < -0.3 is 14.2 Å². The lowest BCUT2D eigenvalue weighted by Crippen LogP contribution is -2.24. The Morgan fingerprint density at radius 3 is 2.30 bits per heavy atom. The Kier molecular flexibility index (Phi) is 3.68. The Labute approximate surface area is 159 Å². The van der Waals surface area contributed by atoms with Crippen molar-refractivity contribution in [3.05, 3.63) is 95.8 Å². The first-order valence-corrected chi connectivity index (χ1v) is 9.28.